The number of para-hydroxylation sites is 1. The zero-order valence-electron chi connectivity index (χ0n) is 14.2. The zero-order valence-corrected chi connectivity index (χ0v) is 14.2. The molecule has 0 N–H and O–H groups in total. The maximum Gasteiger partial charge on any atom is 0.338 e. The van der Waals surface area contributed by atoms with Crippen LogP contribution in [0.3, 0.4) is 0 Å². The maximum atomic E-state index is 12.5. The van der Waals surface area contributed by atoms with Gasteiger partial charge in [0.05, 0.1) is 12.2 Å². The quantitative estimate of drug-likeness (QED) is 0.786. The molecular formula is C20H21NO4. The van der Waals surface area contributed by atoms with E-state index in [1.807, 2.05) is 36.4 Å². The molecule has 3 rings (SSSR count). The lowest BCUT2D eigenvalue weighted by Gasteiger charge is -2.29. The van der Waals surface area contributed by atoms with Gasteiger partial charge in [0, 0.05) is 19.3 Å². The third kappa shape index (κ3) is 4.06. The lowest BCUT2D eigenvalue weighted by molar-refractivity contribution is -0.121. The average molecular weight is 339 g/mol. The second kappa shape index (κ2) is 7.94. The molecule has 0 spiro atoms. The Morgan fingerprint density at radius 1 is 1.08 bits per heavy atom. The number of esters is 1. The summed E-state index contributed by atoms with van der Waals surface area (Å²) >= 11 is 0. The summed E-state index contributed by atoms with van der Waals surface area (Å²) in [5.41, 5.74) is 3.47. The predicted octanol–water partition coefficient (Wildman–Crippen LogP) is 2.97. The Bertz CT molecular complexity index is 755. The van der Waals surface area contributed by atoms with Crippen molar-refractivity contribution >= 4 is 17.6 Å². The largest absolute Gasteiger partial charge is 0.452 e. The topological polar surface area (TPSA) is 55.8 Å². The molecule has 2 aromatic rings. The molecule has 0 bridgehead atoms. The summed E-state index contributed by atoms with van der Waals surface area (Å²) in [5.74, 6) is -0.695. The molecule has 1 aliphatic heterocycles. The smallest absolute Gasteiger partial charge is 0.338 e. The van der Waals surface area contributed by atoms with Crippen LogP contribution in [-0.4, -0.2) is 32.1 Å². The molecule has 1 amide bonds. The molecule has 0 unspecified atom stereocenters. The summed E-state index contributed by atoms with van der Waals surface area (Å²) in [6, 6.07) is 14.8. The van der Waals surface area contributed by atoms with Gasteiger partial charge >= 0.3 is 5.97 Å². The van der Waals surface area contributed by atoms with Crippen LogP contribution in [0.4, 0.5) is 5.69 Å². The van der Waals surface area contributed by atoms with Crippen molar-refractivity contribution in [3.63, 3.8) is 0 Å². The lowest BCUT2D eigenvalue weighted by atomic mass is 10.0. The Kier molecular flexibility index (Phi) is 5.46. The highest BCUT2D eigenvalue weighted by Crippen LogP contribution is 2.26. The minimum atomic E-state index is -0.498. The summed E-state index contributed by atoms with van der Waals surface area (Å²) in [6.45, 7) is 0.883. The normalized spacial score (nSPS) is 13.2. The van der Waals surface area contributed by atoms with Crippen molar-refractivity contribution in [2.24, 2.45) is 0 Å². The minimum Gasteiger partial charge on any atom is -0.452 e. The Hall–Kier alpha value is -2.66. The number of rotatable bonds is 5. The van der Waals surface area contributed by atoms with Crippen LogP contribution >= 0.6 is 0 Å². The van der Waals surface area contributed by atoms with Crippen LogP contribution in [0.25, 0.3) is 0 Å². The SMILES string of the molecule is COCc1ccc(C(=O)OCC(=O)N2CCCc3ccccc32)cc1. The number of carbonyl (C=O) groups excluding carboxylic acids is 2. The van der Waals surface area contributed by atoms with Gasteiger partial charge in [-0.25, -0.2) is 4.79 Å². The molecule has 130 valence electrons. The molecule has 2 aromatic carbocycles. The summed E-state index contributed by atoms with van der Waals surface area (Å²) in [4.78, 5) is 26.3. The van der Waals surface area contributed by atoms with E-state index in [0.717, 1.165) is 29.7 Å². The molecule has 0 atom stereocenters. The molecule has 0 aliphatic carbocycles. The van der Waals surface area contributed by atoms with Crippen molar-refractivity contribution < 1.29 is 19.1 Å². The number of hydrogen-bond donors (Lipinski definition) is 0. The highest BCUT2D eigenvalue weighted by Gasteiger charge is 2.23. The number of benzene rings is 2. The van der Waals surface area contributed by atoms with E-state index < -0.39 is 5.97 Å². The van der Waals surface area contributed by atoms with Crippen molar-refractivity contribution in [2.45, 2.75) is 19.4 Å². The summed E-state index contributed by atoms with van der Waals surface area (Å²) < 4.78 is 10.2. The predicted molar refractivity (Wildman–Crippen MR) is 94.6 cm³/mol. The third-order valence-electron chi connectivity index (χ3n) is 4.24. The number of carbonyl (C=O) groups is 2. The Morgan fingerprint density at radius 2 is 1.84 bits per heavy atom. The first-order valence-electron chi connectivity index (χ1n) is 8.32. The van der Waals surface area contributed by atoms with Gasteiger partial charge in [0.1, 0.15) is 0 Å². The first kappa shape index (κ1) is 17.2. The fourth-order valence-electron chi connectivity index (χ4n) is 2.98. The van der Waals surface area contributed by atoms with Crippen LogP contribution in [0.2, 0.25) is 0 Å². The van der Waals surface area contributed by atoms with Gasteiger partial charge in [-0.1, -0.05) is 30.3 Å². The number of hydrogen-bond acceptors (Lipinski definition) is 4. The van der Waals surface area contributed by atoms with E-state index in [1.165, 1.54) is 0 Å². The molecular weight excluding hydrogens is 318 g/mol. The summed E-state index contributed by atoms with van der Waals surface area (Å²) in [6.07, 6.45) is 1.88. The first-order valence-corrected chi connectivity index (χ1v) is 8.32. The van der Waals surface area contributed by atoms with Crippen LogP contribution in [0.15, 0.2) is 48.5 Å². The number of aryl methyl sites for hydroxylation is 1. The van der Waals surface area contributed by atoms with E-state index >= 15 is 0 Å². The highest BCUT2D eigenvalue weighted by molar-refractivity contribution is 5.97. The third-order valence-corrected chi connectivity index (χ3v) is 4.24. The molecule has 0 radical (unpaired) electrons. The van der Waals surface area contributed by atoms with Crippen LogP contribution < -0.4 is 4.90 Å². The second-order valence-corrected chi connectivity index (χ2v) is 5.98. The molecule has 0 saturated heterocycles. The second-order valence-electron chi connectivity index (χ2n) is 5.98. The fraction of sp³-hybridized carbons (Fsp3) is 0.300. The van der Waals surface area contributed by atoms with Gasteiger partial charge < -0.3 is 14.4 Å². The van der Waals surface area contributed by atoms with Crippen molar-refractivity contribution in [1.82, 2.24) is 0 Å². The molecule has 5 nitrogen and oxygen atoms in total. The number of nitrogens with zero attached hydrogens (tertiary/aromatic N) is 1. The minimum absolute atomic E-state index is 0.198. The van der Waals surface area contributed by atoms with Gasteiger partial charge in [-0.2, -0.15) is 0 Å². The number of fused-ring (bicyclic) bond motifs is 1. The lowest BCUT2D eigenvalue weighted by Crippen LogP contribution is -2.38. The first-order chi connectivity index (χ1) is 12.2. The molecule has 25 heavy (non-hydrogen) atoms. The van der Waals surface area contributed by atoms with E-state index in [4.69, 9.17) is 9.47 Å². The van der Waals surface area contributed by atoms with Crippen molar-refractivity contribution in [3.05, 3.63) is 65.2 Å². The molecule has 0 fully saturated rings. The van der Waals surface area contributed by atoms with Crippen molar-refractivity contribution in [2.75, 3.05) is 25.2 Å². The Balaban J connectivity index is 1.60. The number of ether oxygens (including phenoxy) is 2. The molecule has 0 saturated carbocycles. The van der Waals surface area contributed by atoms with Crippen LogP contribution in [-0.2, 0) is 27.3 Å². The molecule has 1 aliphatic rings. The van der Waals surface area contributed by atoms with E-state index in [0.29, 0.717) is 18.7 Å². The standard InChI is InChI=1S/C20H21NO4/c1-24-13-15-8-10-17(11-9-15)20(23)25-14-19(22)21-12-4-6-16-5-2-3-7-18(16)21/h2-3,5,7-11H,4,6,12-14H2,1H3. The molecule has 0 aromatic heterocycles. The molecule has 5 heteroatoms. The fourth-order valence-corrected chi connectivity index (χ4v) is 2.98. The average Bonchev–Trinajstić information content (AvgIpc) is 2.66. The van der Waals surface area contributed by atoms with Gasteiger partial charge in [-0.3, -0.25) is 4.79 Å². The zero-order chi connectivity index (χ0) is 17.6. The Morgan fingerprint density at radius 3 is 2.60 bits per heavy atom. The van der Waals surface area contributed by atoms with Crippen LogP contribution in [0.1, 0.15) is 27.9 Å². The van der Waals surface area contributed by atoms with Gasteiger partial charge in [0.15, 0.2) is 6.61 Å². The number of amides is 1. The van der Waals surface area contributed by atoms with Gasteiger partial charge in [-0.15, -0.1) is 0 Å². The molecule has 1 heterocycles. The van der Waals surface area contributed by atoms with Crippen molar-refractivity contribution in [1.29, 1.82) is 0 Å². The number of anilines is 1. The van der Waals surface area contributed by atoms with Crippen LogP contribution in [0.5, 0.6) is 0 Å². The summed E-state index contributed by atoms with van der Waals surface area (Å²) in [5, 5.41) is 0. The van der Waals surface area contributed by atoms with E-state index in [2.05, 4.69) is 0 Å². The maximum absolute atomic E-state index is 12.5. The van der Waals surface area contributed by atoms with Crippen LogP contribution in [0, 0.1) is 0 Å². The van der Waals surface area contributed by atoms with E-state index in [1.54, 1.807) is 24.1 Å². The van der Waals surface area contributed by atoms with Gasteiger partial charge in [0.25, 0.3) is 5.91 Å². The highest BCUT2D eigenvalue weighted by atomic mass is 16.5. The van der Waals surface area contributed by atoms with Crippen molar-refractivity contribution in [3.8, 4) is 0 Å². The monoisotopic (exact) mass is 339 g/mol. The van der Waals surface area contributed by atoms with E-state index in [-0.39, 0.29) is 12.5 Å². The van der Waals surface area contributed by atoms with E-state index in [9.17, 15) is 9.59 Å². The Labute approximate surface area is 147 Å². The van der Waals surface area contributed by atoms with Gasteiger partial charge in [0.2, 0.25) is 0 Å². The number of methoxy groups -OCH3 is 1. The summed E-state index contributed by atoms with van der Waals surface area (Å²) in [7, 11) is 1.62. The van der Waals surface area contributed by atoms with Gasteiger partial charge in [-0.05, 0) is 42.2 Å².